The van der Waals surface area contributed by atoms with E-state index in [0.717, 1.165) is 168 Å². The number of aromatic nitrogens is 6. The predicted octanol–water partition coefficient (Wildman–Crippen LogP) is 10.2. The van der Waals surface area contributed by atoms with Crippen LogP contribution < -0.4 is 9.97 Å². The Bertz CT molecular complexity index is 1630. The fraction of sp³-hybridized carbons (Fsp3) is 0.526. The molecule has 0 spiro atoms. The molecule has 0 aromatic carbocycles. The van der Waals surface area contributed by atoms with E-state index in [1.807, 2.05) is 0 Å². The zero-order valence-corrected chi connectivity index (χ0v) is 33.3. The number of rotatable bonds is 12. The number of allylic oxidation sites excluding steroid dienone is 4. The van der Waals surface area contributed by atoms with Gasteiger partial charge in [-0.05, 0) is 147 Å². The van der Waals surface area contributed by atoms with Crippen LogP contribution >= 0.6 is 8.58 Å². The Kier molecular flexibility index (Phi) is 13.6. The van der Waals surface area contributed by atoms with Gasteiger partial charge in [-0.3, -0.25) is 9.97 Å². The quantitative estimate of drug-likeness (QED) is 0.184. The van der Waals surface area contributed by atoms with Gasteiger partial charge in [-0.2, -0.15) is 0 Å². The van der Waals surface area contributed by atoms with Gasteiger partial charge in [-0.1, -0.05) is 64.7 Å². The zero-order chi connectivity index (χ0) is 33.4. The molecule has 2 aliphatic heterocycles. The second-order valence-electron chi connectivity index (χ2n) is 12.6. The number of halogens is 1. The van der Waals surface area contributed by atoms with Crippen molar-refractivity contribution in [3.8, 4) is 0 Å². The van der Waals surface area contributed by atoms with Gasteiger partial charge in [0, 0.05) is 0 Å². The van der Waals surface area contributed by atoms with Gasteiger partial charge in [-0.25, -0.2) is 0 Å². The van der Waals surface area contributed by atoms with Gasteiger partial charge >= 0.3 is 31.8 Å². The molecule has 3 aromatic heterocycles. The molecule has 8 bridgehead atoms. The van der Waals surface area contributed by atoms with E-state index in [-0.39, 0.29) is 0 Å². The van der Waals surface area contributed by atoms with Crippen molar-refractivity contribution >= 4 is 76.4 Å². The topological polar surface area (TPSA) is 79.8 Å². The summed E-state index contributed by atoms with van der Waals surface area (Å²) in [5.74, 6) is 1.56. The Morgan fingerprint density at radius 2 is 0.891 bits per heavy atom. The molecule has 0 amide bonds. The molecule has 3 aromatic rings. The van der Waals surface area contributed by atoms with E-state index in [9.17, 15) is 0 Å². The van der Waals surface area contributed by atoms with Crippen molar-refractivity contribution < 1.29 is 0 Å². The van der Waals surface area contributed by atoms with Crippen molar-refractivity contribution in [2.75, 3.05) is 0 Å². The number of hydrogen-bond acceptors (Lipinski definition) is 4. The van der Waals surface area contributed by atoms with Crippen LogP contribution in [0.15, 0.2) is 12.1 Å². The first-order valence-corrected chi connectivity index (χ1v) is 21.5. The van der Waals surface area contributed by atoms with E-state index in [2.05, 4.69) is 67.5 Å². The van der Waals surface area contributed by atoms with Crippen LogP contribution in [0.25, 0.3) is 44.6 Å². The SMILES string of the molecule is CCCCC1=C(C)c2nc1cc1[n-]c(nc3nc(cc4[n-]c(n2)c(C)c4CCCC)C(CCCC)=C3C)c(C)c1CCCC.[Cl][In]. The van der Waals surface area contributed by atoms with Gasteiger partial charge in [0.25, 0.3) is 0 Å². The Morgan fingerprint density at radius 3 is 1.24 bits per heavy atom. The number of hydrogen-bond donors (Lipinski definition) is 0. The summed E-state index contributed by atoms with van der Waals surface area (Å²) in [6, 6.07) is 4.39. The molecule has 6 nitrogen and oxygen atoms in total. The van der Waals surface area contributed by atoms with Crippen molar-refractivity contribution in [3.05, 3.63) is 57.4 Å². The molecule has 244 valence electrons. The average molecular weight is 741 g/mol. The molecular weight excluding hydrogens is 691 g/mol. The van der Waals surface area contributed by atoms with Gasteiger partial charge in [0.15, 0.2) is 0 Å². The predicted molar refractivity (Wildman–Crippen MR) is 197 cm³/mol. The first kappa shape index (κ1) is 36.5. The van der Waals surface area contributed by atoms with Crippen LogP contribution in [0.2, 0.25) is 0 Å². The normalized spacial score (nSPS) is 13.0. The molecule has 0 unspecified atom stereocenters. The van der Waals surface area contributed by atoms with E-state index < -0.39 is 0 Å². The van der Waals surface area contributed by atoms with Gasteiger partial charge in [-0.15, -0.1) is 0 Å². The molecule has 5 heterocycles. The number of unbranched alkanes of at least 4 members (excludes halogenated alkanes) is 4. The van der Waals surface area contributed by atoms with E-state index in [4.69, 9.17) is 38.5 Å². The van der Waals surface area contributed by atoms with Crippen molar-refractivity contribution in [2.45, 2.75) is 132 Å². The average Bonchev–Trinajstić information content (AvgIpc) is 3.71. The molecule has 0 N–H and O–H groups in total. The first-order valence-electron chi connectivity index (χ1n) is 17.3. The minimum atomic E-state index is 0.778. The molecule has 0 atom stereocenters. The van der Waals surface area contributed by atoms with Gasteiger partial charge in [0.1, 0.15) is 0 Å². The molecule has 0 fully saturated rings. The summed E-state index contributed by atoms with van der Waals surface area (Å²) in [6.07, 6.45) is 12.9. The fourth-order valence-electron chi connectivity index (χ4n) is 6.42. The first-order chi connectivity index (χ1) is 22.3. The number of nitrogens with zero attached hydrogens (tertiary/aromatic N) is 6. The summed E-state index contributed by atoms with van der Waals surface area (Å²) in [6.45, 7) is 17.7. The van der Waals surface area contributed by atoms with Crippen molar-refractivity contribution in [1.82, 2.24) is 29.9 Å². The van der Waals surface area contributed by atoms with Crippen LogP contribution in [0.3, 0.4) is 0 Å². The number of fused-ring (bicyclic) bond motifs is 8. The van der Waals surface area contributed by atoms with Crippen molar-refractivity contribution in [2.24, 2.45) is 0 Å². The second kappa shape index (κ2) is 17.1. The van der Waals surface area contributed by atoms with Crippen LogP contribution in [0.4, 0.5) is 0 Å². The fourth-order valence-corrected chi connectivity index (χ4v) is 6.42. The van der Waals surface area contributed by atoms with Crippen molar-refractivity contribution in [1.29, 1.82) is 0 Å². The van der Waals surface area contributed by atoms with E-state index in [1.165, 1.54) is 22.3 Å². The summed E-state index contributed by atoms with van der Waals surface area (Å²) in [5.41, 5.74) is 15.2. The standard InChI is InChI=1S/C38H50N6.ClH.In/c1-9-13-17-27-23(5)35-39-31(27)21-32-28(18-14-10-2)24(6)37(40-32)44-38-26(8)30(20-16-12-4)34(42-38)22-33-29(19-15-11-3)25(7)36(41-33)43-35;;/h21-22H,9-20H2,1-8H3;1H;/q-2;;+1/p-1. The van der Waals surface area contributed by atoms with E-state index >= 15 is 0 Å². The van der Waals surface area contributed by atoms with Gasteiger partial charge in [0.2, 0.25) is 0 Å². The third-order valence-corrected chi connectivity index (χ3v) is 9.39. The zero-order valence-electron chi connectivity index (χ0n) is 29.3. The summed E-state index contributed by atoms with van der Waals surface area (Å²) in [5, 5.41) is 0. The molecule has 0 saturated carbocycles. The Hall–Kier alpha value is -2.38. The maximum absolute atomic E-state index is 5.16. The van der Waals surface area contributed by atoms with E-state index in [1.54, 1.807) is 0 Å². The summed E-state index contributed by atoms with van der Waals surface area (Å²) < 4.78 is 0. The number of aryl methyl sites for hydroxylation is 4. The van der Waals surface area contributed by atoms with Gasteiger partial charge < -0.3 is 19.9 Å². The third kappa shape index (κ3) is 7.84. The van der Waals surface area contributed by atoms with E-state index in [0.29, 0.717) is 0 Å². The molecule has 0 saturated heterocycles. The molecular formula is C38H50ClInN6-2. The van der Waals surface area contributed by atoms with Gasteiger partial charge in [0.05, 0.1) is 23.0 Å². The van der Waals surface area contributed by atoms with Crippen LogP contribution in [0.5, 0.6) is 0 Å². The second-order valence-corrected chi connectivity index (χ2v) is 12.6. The molecule has 5 rings (SSSR count). The summed E-state index contributed by atoms with van der Waals surface area (Å²) >= 11 is 0.822. The van der Waals surface area contributed by atoms with Crippen molar-refractivity contribution in [3.63, 3.8) is 0 Å². The molecule has 0 aliphatic carbocycles. The molecule has 2 aliphatic rings. The Labute approximate surface area is 294 Å². The minimum absolute atomic E-state index is 0.778. The van der Waals surface area contributed by atoms with Crippen LogP contribution in [0, 0.1) is 13.8 Å². The molecule has 2 radical (unpaired) electrons. The molecule has 8 heteroatoms. The van der Waals surface area contributed by atoms with Crippen LogP contribution in [-0.4, -0.2) is 43.1 Å². The third-order valence-electron chi connectivity index (χ3n) is 9.39. The Morgan fingerprint density at radius 1 is 0.543 bits per heavy atom. The Balaban J connectivity index is 0.00000235. The summed E-state index contributed by atoms with van der Waals surface area (Å²) in [7, 11) is 4.77. The maximum atomic E-state index is 5.16. The van der Waals surface area contributed by atoms with Crippen LogP contribution in [0.1, 0.15) is 151 Å². The summed E-state index contributed by atoms with van der Waals surface area (Å²) in [4.78, 5) is 31.0. The molecule has 46 heavy (non-hydrogen) atoms. The monoisotopic (exact) mass is 740 g/mol. The van der Waals surface area contributed by atoms with Crippen LogP contribution in [-0.2, 0) is 12.8 Å².